The molecule has 0 unspecified atom stereocenters. The van der Waals surface area contributed by atoms with Crippen molar-refractivity contribution in [2.45, 2.75) is 6.92 Å². The molecule has 0 aliphatic rings. The molecule has 0 amide bonds. The van der Waals surface area contributed by atoms with Crippen molar-refractivity contribution in [1.29, 1.82) is 0 Å². The van der Waals surface area contributed by atoms with Crippen molar-refractivity contribution in [3.8, 4) is 0 Å². The number of aromatic amines is 2. The largest absolute Gasteiger partial charge is 0.323 e. The molecular weight excluding hydrogens is 356 g/mol. The SMILES string of the molecule is Cc1ccc(C(=O)c2cc3[nH]c(=O)[nH]c3cc2Br)cc1Cl. The van der Waals surface area contributed by atoms with Gasteiger partial charge in [0.05, 0.1) is 11.0 Å². The summed E-state index contributed by atoms with van der Waals surface area (Å²) in [4.78, 5) is 29.2. The predicted molar refractivity (Wildman–Crippen MR) is 86.2 cm³/mol. The molecule has 4 nitrogen and oxygen atoms in total. The Hall–Kier alpha value is -1.85. The first-order valence-corrected chi connectivity index (χ1v) is 7.35. The van der Waals surface area contributed by atoms with Crippen molar-refractivity contribution in [3.63, 3.8) is 0 Å². The van der Waals surface area contributed by atoms with Crippen LogP contribution in [0.2, 0.25) is 5.02 Å². The topological polar surface area (TPSA) is 65.7 Å². The lowest BCUT2D eigenvalue weighted by molar-refractivity contribution is 0.103. The zero-order valence-corrected chi connectivity index (χ0v) is 13.3. The summed E-state index contributed by atoms with van der Waals surface area (Å²) in [6.07, 6.45) is 0. The van der Waals surface area contributed by atoms with Crippen LogP contribution < -0.4 is 5.69 Å². The highest BCUT2D eigenvalue weighted by Gasteiger charge is 2.15. The number of H-pyrrole nitrogens is 2. The highest BCUT2D eigenvalue weighted by atomic mass is 79.9. The van der Waals surface area contributed by atoms with Crippen LogP contribution in [0.15, 0.2) is 39.6 Å². The van der Waals surface area contributed by atoms with E-state index in [-0.39, 0.29) is 11.5 Å². The van der Waals surface area contributed by atoms with Crippen molar-refractivity contribution in [2.24, 2.45) is 0 Å². The molecule has 3 aromatic rings. The molecule has 3 rings (SSSR count). The van der Waals surface area contributed by atoms with E-state index in [4.69, 9.17) is 11.6 Å². The smallest absolute Gasteiger partial charge is 0.306 e. The summed E-state index contributed by atoms with van der Waals surface area (Å²) < 4.78 is 0.618. The molecule has 2 N–H and O–H groups in total. The summed E-state index contributed by atoms with van der Waals surface area (Å²) in [5.74, 6) is -0.160. The number of rotatable bonds is 2. The molecule has 0 atom stereocenters. The number of benzene rings is 2. The van der Waals surface area contributed by atoms with Crippen molar-refractivity contribution < 1.29 is 4.79 Å². The lowest BCUT2D eigenvalue weighted by Gasteiger charge is -2.06. The molecule has 1 aromatic heterocycles. The lowest BCUT2D eigenvalue weighted by Crippen LogP contribution is -2.03. The van der Waals surface area contributed by atoms with Gasteiger partial charge in [-0.1, -0.05) is 23.7 Å². The summed E-state index contributed by atoms with van der Waals surface area (Å²) in [7, 11) is 0. The number of nitrogens with one attached hydrogen (secondary N) is 2. The molecule has 0 radical (unpaired) electrons. The van der Waals surface area contributed by atoms with Gasteiger partial charge < -0.3 is 9.97 Å². The van der Waals surface area contributed by atoms with Crippen LogP contribution in [-0.2, 0) is 0 Å². The first-order chi connectivity index (χ1) is 9.95. The van der Waals surface area contributed by atoms with Crippen LogP contribution in [0.25, 0.3) is 11.0 Å². The molecule has 0 aliphatic carbocycles. The number of halogens is 2. The van der Waals surface area contributed by atoms with Crippen LogP contribution in [-0.4, -0.2) is 15.8 Å². The minimum atomic E-state index is -0.306. The number of hydrogen-bond donors (Lipinski definition) is 2. The van der Waals surface area contributed by atoms with Gasteiger partial charge in [-0.25, -0.2) is 4.79 Å². The van der Waals surface area contributed by atoms with Crippen molar-refractivity contribution >= 4 is 44.3 Å². The Balaban J connectivity index is 2.14. The van der Waals surface area contributed by atoms with Gasteiger partial charge in [-0.15, -0.1) is 0 Å². The Bertz CT molecular complexity index is 927. The number of imidazole rings is 1. The van der Waals surface area contributed by atoms with E-state index in [0.29, 0.717) is 31.7 Å². The average molecular weight is 366 g/mol. The summed E-state index contributed by atoms with van der Waals surface area (Å²) in [6.45, 7) is 1.88. The highest BCUT2D eigenvalue weighted by molar-refractivity contribution is 9.10. The maximum Gasteiger partial charge on any atom is 0.323 e. The van der Waals surface area contributed by atoms with E-state index in [2.05, 4.69) is 25.9 Å². The zero-order valence-electron chi connectivity index (χ0n) is 11.0. The number of carbonyl (C=O) groups is 1. The molecule has 0 saturated heterocycles. The van der Waals surface area contributed by atoms with E-state index in [0.717, 1.165) is 5.56 Å². The van der Waals surface area contributed by atoms with Crippen molar-refractivity contribution in [2.75, 3.05) is 0 Å². The maximum absolute atomic E-state index is 12.6. The first-order valence-electron chi connectivity index (χ1n) is 6.18. The van der Waals surface area contributed by atoms with E-state index in [9.17, 15) is 9.59 Å². The molecule has 106 valence electrons. The molecule has 0 spiro atoms. The van der Waals surface area contributed by atoms with E-state index in [1.54, 1.807) is 30.3 Å². The third-order valence-corrected chi connectivity index (χ3v) is 4.35. The van der Waals surface area contributed by atoms with E-state index < -0.39 is 0 Å². The second kappa shape index (κ2) is 5.16. The second-order valence-electron chi connectivity index (χ2n) is 4.75. The van der Waals surface area contributed by atoms with Gasteiger partial charge in [0.1, 0.15) is 0 Å². The minimum absolute atomic E-state index is 0.160. The molecule has 6 heteroatoms. The van der Waals surface area contributed by atoms with Gasteiger partial charge in [-0.05, 0) is 46.6 Å². The summed E-state index contributed by atoms with van der Waals surface area (Å²) in [6, 6.07) is 8.54. The van der Waals surface area contributed by atoms with Crippen LogP contribution >= 0.6 is 27.5 Å². The van der Waals surface area contributed by atoms with E-state index in [1.165, 1.54) is 0 Å². The number of ketones is 1. The fraction of sp³-hybridized carbons (Fsp3) is 0.0667. The molecule has 21 heavy (non-hydrogen) atoms. The molecule has 0 bridgehead atoms. The van der Waals surface area contributed by atoms with Crippen LogP contribution in [0.1, 0.15) is 21.5 Å². The highest BCUT2D eigenvalue weighted by Crippen LogP contribution is 2.26. The number of hydrogen-bond acceptors (Lipinski definition) is 2. The van der Waals surface area contributed by atoms with E-state index >= 15 is 0 Å². The van der Waals surface area contributed by atoms with Gasteiger partial charge in [0, 0.05) is 20.6 Å². The van der Waals surface area contributed by atoms with Crippen LogP contribution in [0.4, 0.5) is 0 Å². The van der Waals surface area contributed by atoms with Gasteiger partial charge in [0.2, 0.25) is 0 Å². The van der Waals surface area contributed by atoms with E-state index in [1.807, 2.05) is 6.92 Å². The molecule has 1 heterocycles. The average Bonchev–Trinajstić information content (AvgIpc) is 2.79. The Morgan fingerprint density at radius 3 is 2.48 bits per heavy atom. The third kappa shape index (κ3) is 2.54. The normalized spacial score (nSPS) is 11.0. The molecule has 0 saturated carbocycles. The van der Waals surface area contributed by atoms with Gasteiger partial charge >= 0.3 is 5.69 Å². The van der Waals surface area contributed by atoms with Crippen LogP contribution in [0.5, 0.6) is 0 Å². The number of aryl methyl sites for hydroxylation is 1. The monoisotopic (exact) mass is 364 g/mol. The second-order valence-corrected chi connectivity index (χ2v) is 6.01. The fourth-order valence-electron chi connectivity index (χ4n) is 2.12. The van der Waals surface area contributed by atoms with Gasteiger partial charge in [0.15, 0.2) is 5.78 Å². The number of aromatic nitrogens is 2. The Labute approximate surface area is 133 Å². The standard InChI is InChI=1S/C15H10BrClN2O2/c1-7-2-3-8(4-11(7)17)14(20)9-5-12-13(6-10(9)16)19-15(21)18-12/h2-6H,1H3,(H2,18,19,21). The number of carbonyl (C=O) groups excluding carboxylic acids is 1. The Kier molecular flexibility index (Phi) is 3.47. The molecule has 2 aromatic carbocycles. The van der Waals surface area contributed by atoms with Gasteiger partial charge in [-0.2, -0.15) is 0 Å². The number of fused-ring (bicyclic) bond motifs is 1. The Morgan fingerprint density at radius 1 is 1.14 bits per heavy atom. The summed E-state index contributed by atoms with van der Waals surface area (Å²) in [5, 5.41) is 0.549. The van der Waals surface area contributed by atoms with Crippen molar-refractivity contribution in [1.82, 2.24) is 9.97 Å². The van der Waals surface area contributed by atoms with Crippen molar-refractivity contribution in [3.05, 3.63) is 67.0 Å². The first kappa shape index (κ1) is 14.1. The minimum Gasteiger partial charge on any atom is -0.306 e. The third-order valence-electron chi connectivity index (χ3n) is 3.28. The Morgan fingerprint density at radius 2 is 1.81 bits per heavy atom. The molecule has 0 fully saturated rings. The van der Waals surface area contributed by atoms with Crippen LogP contribution in [0, 0.1) is 6.92 Å². The zero-order chi connectivity index (χ0) is 15.1. The quantitative estimate of drug-likeness (QED) is 0.678. The predicted octanol–water partition coefficient (Wildman–Crippen LogP) is 3.81. The van der Waals surface area contributed by atoms with Crippen LogP contribution in [0.3, 0.4) is 0 Å². The summed E-state index contributed by atoms with van der Waals surface area (Å²) >= 11 is 9.43. The lowest BCUT2D eigenvalue weighted by atomic mass is 10.0. The fourth-order valence-corrected chi connectivity index (χ4v) is 2.82. The molecule has 0 aliphatic heterocycles. The molecular formula is C15H10BrClN2O2. The van der Waals surface area contributed by atoms with Gasteiger partial charge in [-0.3, -0.25) is 4.79 Å². The summed E-state index contributed by atoms with van der Waals surface area (Å²) in [5.41, 5.74) is 2.81. The van der Waals surface area contributed by atoms with Gasteiger partial charge in [0.25, 0.3) is 0 Å². The maximum atomic E-state index is 12.6.